The van der Waals surface area contributed by atoms with Crippen molar-refractivity contribution in [1.29, 1.82) is 0 Å². The maximum absolute atomic E-state index is 10.9. The highest BCUT2D eigenvalue weighted by molar-refractivity contribution is 5.88. The van der Waals surface area contributed by atoms with Crippen LogP contribution in [0.25, 0.3) is 0 Å². The molecule has 136 valence electrons. The molecule has 0 aromatic heterocycles. The molecule has 25 heavy (non-hydrogen) atoms. The number of nitrogen functional groups attached to an aromatic ring is 1. The molecule has 2 aromatic rings. The number of nitrogens with one attached hydrogen (secondary N) is 1. The fraction of sp³-hybridized carbons (Fsp3) is 0.278. The Labute approximate surface area is 148 Å². The largest absolute Gasteiger partial charge is 0.457 e. The second-order valence-electron chi connectivity index (χ2n) is 4.29. The highest BCUT2D eigenvalue weighted by Gasteiger charge is 2.11. The third-order valence-corrected chi connectivity index (χ3v) is 2.61. The third kappa shape index (κ3) is 7.34. The minimum Gasteiger partial charge on any atom is -0.457 e. The molecule has 0 aliphatic heterocycles. The highest BCUT2D eigenvalue weighted by Crippen LogP contribution is 2.29. The van der Waals surface area contributed by atoms with E-state index in [0.29, 0.717) is 17.2 Å². The summed E-state index contributed by atoms with van der Waals surface area (Å²) in [4.78, 5) is 21.0. The van der Waals surface area contributed by atoms with E-state index in [4.69, 9.17) is 10.5 Å². The molecule has 2 aromatic carbocycles. The van der Waals surface area contributed by atoms with Crippen molar-refractivity contribution in [3.8, 4) is 11.5 Å². The smallest absolute Gasteiger partial charge is 0.292 e. The summed E-state index contributed by atoms with van der Waals surface area (Å²) < 4.78 is 5.54. The maximum atomic E-state index is 10.9. The molecule has 0 saturated heterocycles. The number of anilines is 2. The minimum absolute atomic E-state index is 0.0346. The van der Waals surface area contributed by atoms with Crippen molar-refractivity contribution in [2.75, 3.05) is 11.1 Å². The van der Waals surface area contributed by atoms with Crippen LogP contribution in [-0.4, -0.2) is 10.8 Å². The SMILES string of the molecule is CC.CC.CC(=O)Nc1ccc(Oc2ccc([N+](=O)[O-])c(N)c2)cc1. The maximum Gasteiger partial charge on any atom is 0.292 e. The van der Waals surface area contributed by atoms with Crippen LogP contribution >= 0.6 is 0 Å². The number of carbonyl (C=O) groups excluding carboxylic acids is 1. The Kier molecular flexibility index (Phi) is 10.0. The van der Waals surface area contributed by atoms with Gasteiger partial charge >= 0.3 is 0 Å². The molecule has 0 spiro atoms. The van der Waals surface area contributed by atoms with E-state index in [9.17, 15) is 14.9 Å². The van der Waals surface area contributed by atoms with Crippen molar-refractivity contribution >= 4 is 23.0 Å². The fourth-order valence-electron chi connectivity index (χ4n) is 1.71. The Bertz CT molecular complexity index is 685. The first-order valence-electron chi connectivity index (χ1n) is 8.05. The number of nitrogens with zero attached hydrogens (tertiary/aromatic N) is 1. The van der Waals surface area contributed by atoms with E-state index < -0.39 is 4.92 Å². The molecule has 3 N–H and O–H groups in total. The van der Waals surface area contributed by atoms with Gasteiger partial charge in [0.25, 0.3) is 5.69 Å². The zero-order chi connectivity index (χ0) is 19.4. The summed E-state index contributed by atoms with van der Waals surface area (Å²) in [6.07, 6.45) is 0. The van der Waals surface area contributed by atoms with Crippen molar-refractivity contribution < 1.29 is 14.5 Å². The number of hydrogen-bond acceptors (Lipinski definition) is 5. The summed E-state index contributed by atoms with van der Waals surface area (Å²) in [6.45, 7) is 9.42. The van der Waals surface area contributed by atoms with Crippen molar-refractivity contribution in [3.05, 3.63) is 52.6 Å². The number of nitro groups is 1. The lowest BCUT2D eigenvalue weighted by Crippen LogP contribution is -2.05. The summed E-state index contributed by atoms with van der Waals surface area (Å²) in [5.74, 6) is 0.759. The molecule has 0 saturated carbocycles. The lowest BCUT2D eigenvalue weighted by Gasteiger charge is -2.08. The van der Waals surface area contributed by atoms with Crippen LogP contribution in [0.4, 0.5) is 17.1 Å². The molecule has 7 heteroatoms. The van der Waals surface area contributed by atoms with Crippen LogP contribution in [0, 0.1) is 10.1 Å². The van der Waals surface area contributed by atoms with Crippen LogP contribution in [0.3, 0.4) is 0 Å². The summed E-state index contributed by atoms with van der Waals surface area (Å²) in [7, 11) is 0. The number of rotatable bonds is 4. The molecule has 0 atom stereocenters. The first-order chi connectivity index (χ1) is 12.0. The molecule has 1 amide bonds. The summed E-state index contributed by atoms with van der Waals surface area (Å²) in [5, 5.41) is 13.3. The lowest BCUT2D eigenvalue weighted by atomic mass is 10.2. The molecule has 0 bridgehead atoms. The Morgan fingerprint density at radius 3 is 2.00 bits per heavy atom. The van der Waals surface area contributed by atoms with Gasteiger partial charge in [0.05, 0.1) is 4.92 Å². The fourth-order valence-corrected chi connectivity index (χ4v) is 1.71. The molecule has 2 rings (SSSR count). The molecule has 0 radical (unpaired) electrons. The van der Waals surface area contributed by atoms with Crippen molar-refractivity contribution in [1.82, 2.24) is 0 Å². The summed E-state index contributed by atoms with van der Waals surface area (Å²) >= 11 is 0. The van der Waals surface area contributed by atoms with Crippen LogP contribution in [-0.2, 0) is 4.79 Å². The number of hydrogen-bond donors (Lipinski definition) is 2. The van der Waals surface area contributed by atoms with E-state index >= 15 is 0 Å². The van der Waals surface area contributed by atoms with Crippen LogP contribution in [0.1, 0.15) is 34.6 Å². The van der Waals surface area contributed by atoms with Crippen LogP contribution in [0.5, 0.6) is 11.5 Å². The topological polar surface area (TPSA) is 107 Å². The van der Waals surface area contributed by atoms with Crippen LogP contribution in [0.15, 0.2) is 42.5 Å². The van der Waals surface area contributed by atoms with E-state index in [0.717, 1.165) is 0 Å². The third-order valence-electron chi connectivity index (χ3n) is 2.61. The monoisotopic (exact) mass is 347 g/mol. The molecule has 7 nitrogen and oxygen atoms in total. The van der Waals surface area contributed by atoms with Gasteiger partial charge in [-0.2, -0.15) is 0 Å². The minimum atomic E-state index is -0.554. The Morgan fingerprint density at radius 2 is 1.56 bits per heavy atom. The predicted molar refractivity (Wildman–Crippen MR) is 101 cm³/mol. The number of ether oxygens (including phenoxy) is 1. The molecule has 0 aliphatic rings. The van der Waals surface area contributed by atoms with Gasteiger partial charge in [-0.3, -0.25) is 14.9 Å². The van der Waals surface area contributed by atoms with Gasteiger partial charge in [-0.15, -0.1) is 0 Å². The lowest BCUT2D eigenvalue weighted by molar-refractivity contribution is -0.383. The molecule has 0 aliphatic carbocycles. The zero-order valence-corrected chi connectivity index (χ0v) is 15.2. The second kappa shape index (κ2) is 11.4. The summed E-state index contributed by atoms with van der Waals surface area (Å²) in [6, 6.07) is 10.9. The first kappa shape index (κ1) is 21.9. The predicted octanol–water partition coefficient (Wildman–Crippen LogP) is 4.98. The molecule has 0 fully saturated rings. The van der Waals surface area contributed by atoms with Gasteiger partial charge in [0.15, 0.2) is 0 Å². The number of amides is 1. The van der Waals surface area contributed by atoms with Gasteiger partial charge in [0.2, 0.25) is 5.91 Å². The summed E-state index contributed by atoms with van der Waals surface area (Å²) in [5.41, 5.74) is 6.11. The van der Waals surface area contributed by atoms with Crippen LogP contribution in [0.2, 0.25) is 0 Å². The van der Waals surface area contributed by atoms with Gasteiger partial charge in [-0.25, -0.2) is 0 Å². The quantitative estimate of drug-likeness (QED) is 0.461. The Balaban J connectivity index is 0.00000134. The average Bonchev–Trinajstić information content (AvgIpc) is 2.59. The van der Waals surface area contributed by atoms with Crippen molar-refractivity contribution in [3.63, 3.8) is 0 Å². The van der Waals surface area contributed by atoms with E-state index in [2.05, 4.69) is 5.32 Å². The zero-order valence-electron chi connectivity index (χ0n) is 15.2. The van der Waals surface area contributed by atoms with E-state index in [-0.39, 0.29) is 17.3 Å². The van der Waals surface area contributed by atoms with Gasteiger partial charge in [-0.1, -0.05) is 27.7 Å². The average molecular weight is 347 g/mol. The standard InChI is InChI=1S/C14H13N3O4.2C2H6/c1-9(18)16-10-2-4-11(5-3-10)21-12-6-7-14(17(19)20)13(15)8-12;2*1-2/h2-8H,15H2,1H3,(H,16,18);2*1-2H3. The normalized spacial score (nSPS) is 8.84. The Morgan fingerprint density at radius 1 is 1.04 bits per heavy atom. The van der Waals surface area contributed by atoms with E-state index in [1.807, 2.05) is 27.7 Å². The van der Waals surface area contributed by atoms with E-state index in [1.165, 1.54) is 25.1 Å². The number of benzene rings is 2. The van der Waals surface area contributed by atoms with Crippen molar-refractivity contribution in [2.24, 2.45) is 0 Å². The van der Waals surface area contributed by atoms with Gasteiger partial charge < -0.3 is 15.8 Å². The van der Waals surface area contributed by atoms with Gasteiger partial charge in [0, 0.05) is 24.7 Å². The molecular weight excluding hydrogens is 322 g/mol. The molecule has 0 heterocycles. The van der Waals surface area contributed by atoms with Gasteiger partial charge in [0.1, 0.15) is 17.2 Å². The van der Waals surface area contributed by atoms with Gasteiger partial charge in [-0.05, 0) is 30.3 Å². The molecular formula is C18H25N3O4. The van der Waals surface area contributed by atoms with E-state index in [1.54, 1.807) is 24.3 Å². The van der Waals surface area contributed by atoms with Crippen molar-refractivity contribution in [2.45, 2.75) is 34.6 Å². The number of nitro benzene ring substituents is 1. The number of nitrogens with two attached hydrogens (primary N) is 1. The van der Waals surface area contributed by atoms with Crippen LogP contribution < -0.4 is 15.8 Å². The second-order valence-corrected chi connectivity index (χ2v) is 4.29. The number of carbonyl (C=O) groups is 1. The molecule has 0 unspecified atom stereocenters. The first-order valence-corrected chi connectivity index (χ1v) is 8.05. The Hall–Kier alpha value is -3.09. The highest BCUT2D eigenvalue weighted by atomic mass is 16.6.